The number of rotatable bonds is 6. The number of methoxy groups -OCH3 is 1. The Labute approximate surface area is 106 Å². The molecule has 1 aromatic heterocycles. The molecular formula is C11H18ClN3O2. The molecule has 0 aromatic carbocycles. The van der Waals surface area contributed by atoms with Crippen LogP contribution in [0.2, 0.25) is 5.15 Å². The van der Waals surface area contributed by atoms with Gasteiger partial charge in [0.2, 0.25) is 0 Å². The zero-order valence-corrected chi connectivity index (χ0v) is 11.1. The van der Waals surface area contributed by atoms with Gasteiger partial charge in [0.25, 0.3) is 0 Å². The summed E-state index contributed by atoms with van der Waals surface area (Å²) in [6.45, 7) is 4.39. The van der Waals surface area contributed by atoms with Crippen LogP contribution in [0.25, 0.3) is 0 Å². The van der Waals surface area contributed by atoms with Crippen LogP contribution in [-0.4, -0.2) is 34.3 Å². The van der Waals surface area contributed by atoms with Gasteiger partial charge >= 0.3 is 0 Å². The summed E-state index contributed by atoms with van der Waals surface area (Å²) in [5.74, 6) is 1.16. The molecular weight excluding hydrogens is 242 g/mol. The van der Waals surface area contributed by atoms with Gasteiger partial charge in [-0.2, -0.15) is 0 Å². The molecule has 0 spiro atoms. The molecule has 0 saturated carbocycles. The number of nitrogens with zero attached hydrogens (tertiary/aromatic N) is 2. The van der Waals surface area contributed by atoms with Gasteiger partial charge in [0.15, 0.2) is 5.82 Å². The molecule has 0 unspecified atom stereocenters. The molecule has 0 bridgehead atoms. The second kappa shape index (κ2) is 6.14. The van der Waals surface area contributed by atoms with E-state index in [1.165, 1.54) is 0 Å². The third-order valence-electron chi connectivity index (χ3n) is 2.22. The monoisotopic (exact) mass is 259 g/mol. The van der Waals surface area contributed by atoms with Crippen molar-refractivity contribution in [3.05, 3.63) is 17.0 Å². The molecule has 0 aliphatic rings. The van der Waals surface area contributed by atoms with Gasteiger partial charge in [-0.25, -0.2) is 9.97 Å². The molecule has 96 valence electrons. The Balaban J connectivity index is 2.83. The first-order chi connectivity index (χ1) is 7.96. The Hall–Kier alpha value is -0.910. The number of aromatic nitrogens is 2. The Morgan fingerprint density at radius 2 is 2.18 bits per heavy atom. The van der Waals surface area contributed by atoms with Crippen LogP contribution in [-0.2, 0) is 11.3 Å². The van der Waals surface area contributed by atoms with Gasteiger partial charge in [0.05, 0.1) is 0 Å². The van der Waals surface area contributed by atoms with Crippen LogP contribution in [0.4, 0.5) is 5.82 Å². The first-order valence-electron chi connectivity index (χ1n) is 5.38. The van der Waals surface area contributed by atoms with Crippen molar-refractivity contribution in [1.82, 2.24) is 9.97 Å². The van der Waals surface area contributed by atoms with Crippen LogP contribution in [0.3, 0.4) is 0 Å². The van der Waals surface area contributed by atoms with Crippen LogP contribution in [0.15, 0.2) is 6.07 Å². The zero-order chi connectivity index (χ0) is 12.9. The molecule has 0 saturated heterocycles. The van der Waals surface area contributed by atoms with Crippen molar-refractivity contribution in [2.45, 2.75) is 32.4 Å². The summed E-state index contributed by atoms with van der Waals surface area (Å²) >= 11 is 5.90. The van der Waals surface area contributed by atoms with Crippen molar-refractivity contribution in [3.8, 4) is 0 Å². The number of aliphatic hydroxyl groups excluding tert-OH is 1. The zero-order valence-electron chi connectivity index (χ0n) is 10.3. The van der Waals surface area contributed by atoms with Crippen molar-refractivity contribution in [1.29, 1.82) is 0 Å². The first kappa shape index (κ1) is 14.2. The highest BCUT2D eigenvalue weighted by Crippen LogP contribution is 2.18. The topological polar surface area (TPSA) is 67.3 Å². The quantitative estimate of drug-likeness (QED) is 0.763. The lowest BCUT2D eigenvalue weighted by Gasteiger charge is -2.26. The molecule has 0 radical (unpaired) electrons. The van der Waals surface area contributed by atoms with E-state index in [0.29, 0.717) is 29.8 Å². The van der Waals surface area contributed by atoms with E-state index in [1.807, 2.05) is 13.8 Å². The summed E-state index contributed by atoms with van der Waals surface area (Å²) in [6.07, 6.45) is 0.619. The van der Waals surface area contributed by atoms with Gasteiger partial charge in [0.1, 0.15) is 17.6 Å². The smallest absolute Gasteiger partial charge is 0.158 e. The van der Waals surface area contributed by atoms with E-state index >= 15 is 0 Å². The molecule has 1 heterocycles. The van der Waals surface area contributed by atoms with Crippen LogP contribution < -0.4 is 5.32 Å². The first-order valence-corrected chi connectivity index (χ1v) is 5.76. The summed E-state index contributed by atoms with van der Waals surface area (Å²) < 4.78 is 4.96. The minimum atomic E-state index is -0.253. The molecule has 1 rings (SSSR count). The Morgan fingerprint density at radius 3 is 2.76 bits per heavy atom. The molecule has 2 N–H and O–H groups in total. The van der Waals surface area contributed by atoms with Gasteiger partial charge in [-0.15, -0.1) is 0 Å². The minimum absolute atomic E-state index is 0.115. The summed E-state index contributed by atoms with van der Waals surface area (Å²) in [5.41, 5.74) is -0.253. The molecule has 0 fully saturated rings. The largest absolute Gasteiger partial charge is 0.396 e. The van der Waals surface area contributed by atoms with Crippen molar-refractivity contribution >= 4 is 17.4 Å². The number of halogens is 1. The van der Waals surface area contributed by atoms with Crippen LogP contribution in [0, 0.1) is 0 Å². The van der Waals surface area contributed by atoms with E-state index in [1.54, 1.807) is 13.2 Å². The molecule has 0 aliphatic heterocycles. The SMILES string of the molecule is COCc1nc(Cl)cc(NC(C)(C)CCO)n1. The number of hydrogen-bond donors (Lipinski definition) is 2. The lowest BCUT2D eigenvalue weighted by Crippen LogP contribution is -2.32. The number of anilines is 1. The maximum absolute atomic E-state index is 8.95. The molecule has 0 atom stereocenters. The van der Waals surface area contributed by atoms with Crippen molar-refractivity contribution < 1.29 is 9.84 Å². The number of hydrogen-bond acceptors (Lipinski definition) is 5. The maximum Gasteiger partial charge on any atom is 0.158 e. The highest BCUT2D eigenvalue weighted by Gasteiger charge is 2.17. The highest BCUT2D eigenvalue weighted by atomic mass is 35.5. The molecule has 0 amide bonds. The van der Waals surface area contributed by atoms with Crippen molar-refractivity contribution in [2.75, 3.05) is 19.0 Å². The maximum atomic E-state index is 8.95. The van der Waals surface area contributed by atoms with Crippen LogP contribution in [0.5, 0.6) is 0 Å². The summed E-state index contributed by atoms with van der Waals surface area (Å²) in [5, 5.41) is 12.5. The fourth-order valence-corrected chi connectivity index (χ4v) is 1.61. The Kier molecular flexibility index (Phi) is 5.11. The predicted octanol–water partition coefficient (Wildman–Crippen LogP) is 1.85. The van der Waals surface area contributed by atoms with Crippen LogP contribution >= 0.6 is 11.6 Å². The van der Waals surface area contributed by atoms with E-state index < -0.39 is 0 Å². The standard InChI is InChI=1S/C11H18ClN3O2/c1-11(2,4-5-16)15-9-6-8(12)13-10(14-9)7-17-3/h6,16H,4-5,7H2,1-3H3,(H,13,14,15). The van der Waals surface area contributed by atoms with Gasteiger partial charge in [0, 0.05) is 25.3 Å². The summed E-state index contributed by atoms with van der Waals surface area (Å²) in [6, 6.07) is 1.65. The average Bonchev–Trinajstić information content (AvgIpc) is 2.15. The van der Waals surface area contributed by atoms with E-state index in [4.69, 9.17) is 21.4 Å². The second-order valence-corrected chi connectivity index (χ2v) is 4.79. The van der Waals surface area contributed by atoms with E-state index in [0.717, 1.165) is 0 Å². The Morgan fingerprint density at radius 1 is 1.47 bits per heavy atom. The highest BCUT2D eigenvalue weighted by molar-refractivity contribution is 6.29. The minimum Gasteiger partial charge on any atom is -0.396 e. The second-order valence-electron chi connectivity index (χ2n) is 4.41. The molecule has 1 aromatic rings. The molecule has 5 nitrogen and oxygen atoms in total. The normalized spacial score (nSPS) is 11.6. The van der Waals surface area contributed by atoms with E-state index in [9.17, 15) is 0 Å². The van der Waals surface area contributed by atoms with Gasteiger partial charge in [-0.1, -0.05) is 11.6 Å². The van der Waals surface area contributed by atoms with E-state index in [-0.39, 0.29) is 12.1 Å². The molecule has 0 aliphatic carbocycles. The van der Waals surface area contributed by atoms with Crippen molar-refractivity contribution in [3.63, 3.8) is 0 Å². The molecule has 6 heteroatoms. The number of ether oxygens (including phenoxy) is 1. The predicted molar refractivity (Wildman–Crippen MR) is 67.2 cm³/mol. The summed E-state index contributed by atoms with van der Waals surface area (Å²) in [7, 11) is 1.58. The van der Waals surface area contributed by atoms with Gasteiger partial charge in [-0.05, 0) is 20.3 Å². The third kappa shape index (κ3) is 4.85. The fourth-order valence-electron chi connectivity index (χ4n) is 1.41. The Bertz CT molecular complexity index is 372. The number of nitrogens with one attached hydrogen (secondary N) is 1. The molecule has 17 heavy (non-hydrogen) atoms. The number of aliphatic hydroxyl groups is 1. The van der Waals surface area contributed by atoms with Gasteiger partial charge < -0.3 is 15.2 Å². The van der Waals surface area contributed by atoms with Gasteiger partial charge in [-0.3, -0.25) is 0 Å². The van der Waals surface area contributed by atoms with Crippen LogP contribution in [0.1, 0.15) is 26.1 Å². The lowest BCUT2D eigenvalue weighted by atomic mass is 10.0. The third-order valence-corrected chi connectivity index (χ3v) is 2.41. The van der Waals surface area contributed by atoms with Crippen molar-refractivity contribution in [2.24, 2.45) is 0 Å². The lowest BCUT2D eigenvalue weighted by molar-refractivity contribution is 0.178. The van der Waals surface area contributed by atoms with E-state index in [2.05, 4.69) is 15.3 Å². The average molecular weight is 260 g/mol. The fraction of sp³-hybridized carbons (Fsp3) is 0.636. The summed E-state index contributed by atoms with van der Waals surface area (Å²) in [4.78, 5) is 8.32.